The topological polar surface area (TPSA) is 504 Å². The highest BCUT2D eigenvalue weighted by Crippen LogP contribution is 2.22. The van der Waals surface area contributed by atoms with Crippen LogP contribution in [0.5, 0.6) is 0 Å². The average molecular weight is 1260 g/mol. The zero-order valence-electron chi connectivity index (χ0n) is 52.1. The summed E-state index contributed by atoms with van der Waals surface area (Å²) < 4.78 is 0. The third-order valence-corrected chi connectivity index (χ3v) is 15.0. The van der Waals surface area contributed by atoms with Crippen LogP contribution in [-0.4, -0.2) is 173 Å². The molecule has 9 atom stereocenters. The fourth-order valence-electron chi connectivity index (χ4n) is 10.0. The number of carbonyl (C=O) groups excluding carboxylic acids is 10. The fraction of sp³-hybridized carbons (Fsp3) is 0.550. The van der Waals surface area contributed by atoms with Gasteiger partial charge in [-0.3, -0.25) is 57.9 Å². The standard InChI is InChI=1S/C60H92N18O12/c1-32(2)27-44(58(89)90)76-53(84)43(29-36-30-69-38-18-11-10-17-37(36)38)74-52(83)42(28-35-15-8-7-9-16-35)75-54(85)45-21-14-26-78(45)57(88)41(22-23-46(61)79)71-47(80)31-70-50(81)39(19-12-24-67-59(63)64)72-51(82)40(20-13-25-68-60(65)66)73-56(87)49(34(5)6)77-55(86)48(62)33(3)4/h7-11,15-18,30,32-34,39-45,48-49,69H,12-14,19-29,31,62H2,1-6H3,(H2,61,79)(H,70,81)(H,71,80)(H,72,82)(H,73,87)(H,74,83)(H,75,85)(H,76,84)(H,77,86)(H,89,90)(H4,63,64,67)(H4,65,66,68)/t39-,40-,41-,42-,43-,44-,45-,48-,49-/m0/s1. The molecule has 1 aromatic heterocycles. The van der Waals surface area contributed by atoms with Crippen molar-refractivity contribution >= 4 is 87.9 Å². The first-order valence-electron chi connectivity index (χ1n) is 30.2. The molecular weight excluding hydrogens is 1160 g/mol. The van der Waals surface area contributed by atoms with Crippen molar-refractivity contribution in [2.45, 2.75) is 167 Å². The SMILES string of the molecule is CC(C)C[C@H](NC(=O)[C@H](Cc1c[nH]c2ccccc12)NC(=O)[C@H](Cc1ccccc1)NC(=O)[C@@H]1CCCN1C(=O)[C@H](CCC(N)=O)NC(=O)CNC(=O)[C@H](CCCN=C(N)N)NC(=O)[C@H](CCCN=C(N)N)NC(=O)[C@@H](NC(=O)[C@@H](N)C(C)C)C(C)C)C(=O)O. The van der Waals surface area contributed by atoms with E-state index in [2.05, 4.69) is 57.5 Å². The van der Waals surface area contributed by atoms with Gasteiger partial charge in [0.2, 0.25) is 59.1 Å². The van der Waals surface area contributed by atoms with Crippen molar-refractivity contribution in [3.63, 3.8) is 0 Å². The van der Waals surface area contributed by atoms with E-state index in [1.165, 1.54) is 4.90 Å². The van der Waals surface area contributed by atoms with E-state index in [0.29, 0.717) is 17.5 Å². The van der Waals surface area contributed by atoms with Gasteiger partial charge in [0.25, 0.3) is 0 Å². The number of hydrogen-bond donors (Lipinski definition) is 16. The van der Waals surface area contributed by atoms with Crippen molar-refractivity contribution in [2.75, 3.05) is 26.2 Å². The van der Waals surface area contributed by atoms with Gasteiger partial charge in [0.1, 0.15) is 48.3 Å². The van der Waals surface area contributed by atoms with Gasteiger partial charge >= 0.3 is 5.97 Å². The molecule has 0 radical (unpaired) electrons. The molecule has 1 saturated heterocycles. The van der Waals surface area contributed by atoms with Crippen LogP contribution in [0.25, 0.3) is 10.9 Å². The van der Waals surface area contributed by atoms with Crippen molar-refractivity contribution in [1.82, 2.24) is 52.4 Å². The first kappa shape index (κ1) is 73.1. The minimum Gasteiger partial charge on any atom is -0.480 e. The van der Waals surface area contributed by atoms with Crippen molar-refractivity contribution in [3.8, 4) is 0 Å². The highest BCUT2D eigenvalue weighted by molar-refractivity contribution is 5.99. The second-order valence-corrected chi connectivity index (χ2v) is 23.5. The van der Waals surface area contributed by atoms with Crippen LogP contribution in [0.2, 0.25) is 0 Å². The number of nitrogens with zero attached hydrogens (tertiary/aromatic N) is 3. The number of likely N-dealkylation sites (tertiary alicyclic amines) is 1. The molecular formula is C60H92N18O12. The molecule has 30 nitrogen and oxygen atoms in total. The molecule has 0 saturated carbocycles. The van der Waals surface area contributed by atoms with Gasteiger partial charge in [-0.1, -0.05) is 90.1 Å². The maximum Gasteiger partial charge on any atom is 0.326 e. The highest BCUT2D eigenvalue weighted by atomic mass is 16.4. The van der Waals surface area contributed by atoms with E-state index in [-0.39, 0.29) is 101 Å². The van der Waals surface area contributed by atoms with Crippen molar-refractivity contribution in [1.29, 1.82) is 0 Å². The third kappa shape index (κ3) is 24.0. The smallest absolute Gasteiger partial charge is 0.326 e. The minimum absolute atomic E-state index is 0.0101. The number of nitrogens with two attached hydrogens (primary N) is 6. The molecule has 22 N–H and O–H groups in total. The number of carboxylic acid groups (broad SMARTS) is 1. The molecule has 2 heterocycles. The lowest BCUT2D eigenvalue weighted by Crippen LogP contribution is -2.60. The molecule has 10 amide bonds. The summed E-state index contributed by atoms with van der Waals surface area (Å²) in [6.07, 6.45) is 1.49. The van der Waals surface area contributed by atoms with E-state index in [1.807, 2.05) is 18.2 Å². The van der Waals surface area contributed by atoms with E-state index in [1.54, 1.807) is 84.1 Å². The predicted octanol–water partition coefficient (Wildman–Crippen LogP) is -2.40. The van der Waals surface area contributed by atoms with E-state index in [9.17, 15) is 57.8 Å². The molecule has 30 heteroatoms. The summed E-state index contributed by atoms with van der Waals surface area (Å²) in [7, 11) is 0. The quantitative estimate of drug-likeness (QED) is 0.0162. The van der Waals surface area contributed by atoms with Crippen LogP contribution in [0.4, 0.5) is 0 Å². The lowest BCUT2D eigenvalue weighted by atomic mass is 9.99. The number of primary amides is 1. The summed E-state index contributed by atoms with van der Waals surface area (Å²) in [4.78, 5) is 163. The highest BCUT2D eigenvalue weighted by Gasteiger charge is 2.40. The normalized spacial score (nSPS) is 15.6. The van der Waals surface area contributed by atoms with Crippen LogP contribution in [0.15, 0.2) is 70.8 Å². The summed E-state index contributed by atoms with van der Waals surface area (Å²) in [5.74, 6) is -10.4. The summed E-state index contributed by atoms with van der Waals surface area (Å²) in [5, 5.41) is 31.9. The molecule has 1 aliphatic heterocycles. The molecule has 90 heavy (non-hydrogen) atoms. The Morgan fingerprint density at radius 3 is 1.74 bits per heavy atom. The van der Waals surface area contributed by atoms with Gasteiger partial charge in [0.15, 0.2) is 11.9 Å². The zero-order valence-corrected chi connectivity index (χ0v) is 52.1. The Morgan fingerprint density at radius 2 is 1.17 bits per heavy atom. The number of amides is 10. The van der Waals surface area contributed by atoms with Crippen molar-refractivity contribution in [3.05, 3.63) is 71.9 Å². The van der Waals surface area contributed by atoms with Gasteiger partial charge in [-0.2, -0.15) is 0 Å². The Hall–Kier alpha value is -9.35. The van der Waals surface area contributed by atoms with Gasteiger partial charge in [0, 0.05) is 56.0 Å². The number of guanidine groups is 2. The van der Waals surface area contributed by atoms with Crippen molar-refractivity contribution < 1.29 is 57.8 Å². The molecule has 4 rings (SSSR count). The van der Waals surface area contributed by atoms with Crippen molar-refractivity contribution in [2.24, 2.45) is 62.1 Å². The molecule has 2 aromatic carbocycles. The number of nitrogens with one attached hydrogen (secondary N) is 9. The van der Waals surface area contributed by atoms with Gasteiger partial charge in [0.05, 0.1) is 12.6 Å². The number of H-pyrrole nitrogens is 1. The lowest BCUT2D eigenvalue weighted by molar-refractivity contribution is -0.143. The molecule has 0 unspecified atom stereocenters. The van der Waals surface area contributed by atoms with Gasteiger partial charge in [-0.15, -0.1) is 0 Å². The number of carboxylic acids is 1. The summed E-state index contributed by atoms with van der Waals surface area (Å²) >= 11 is 0. The number of aromatic amines is 1. The zero-order chi connectivity index (χ0) is 66.8. The number of carbonyl (C=O) groups is 11. The van der Waals surface area contributed by atoms with Gasteiger partial charge < -0.3 is 91.9 Å². The Balaban J connectivity index is 1.56. The number of aliphatic imine (C=N–C) groups is 2. The van der Waals surface area contributed by atoms with Crippen LogP contribution in [0.3, 0.4) is 0 Å². The molecule has 0 spiro atoms. The second-order valence-electron chi connectivity index (χ2n) is 23.5. The summed E-state index contributed by atoms with van der Waals surface area (Å²) in [5.41, 5.74) is 35.6. The number of benzene rings is 2. The number of rotatable bonds is 37. The van der Waals surface area contributed by atoms with Crippen LogP contribution in [-0.2, 0) is 65.6 Å². The molecule has 3 aromatic rings. The molecule has 494 valence electrons. The molecule has 0 aliphatic carbocycles. The van der Waals surface area contributed by atoms with Gasteiger partial charge in [-0.05, 0) is 86.3 Å². The monoisotopic (exact) mass is 1260 g/mol. The third-order valence-electron chi connectivity index (χ3n) is 15.0. The first-order valence-corrected chi connectivity index (χ1v) is 30.2. The number of aliphatic carboxylic acids is 1. The summed E-state index contributed by atoms with van der Waals surface area (Å²) in [6.45, 7) is 9.78. The maximum atomic E-state index is 14.6. The maximum absolute atomic E-state index is 14.6. The van der Waals surface area contributed by atoms with Crippen LogP contribution < -0.4 is 76.9 Å². The van der Waals surface area contributed by atoms with E-state index in [4.69, 9.17) is 34.4 Å². The number of hydrogen-bond acceptors (Lipinski definition) is 14. The Kier molecular flexibility index (Phi) is 29.4. The predicted molar refractivity (Wildman–Crippen MR) is 336 cm³/mol. The number of para-hydroxylation sites is 1. The second kappa shape index (κ2) is 36.2. The van der Waals surface area contributed by atoms with Crippen LogP contribution in [0, 0.1) is 17.8 Å². The number of fused-ring (bicyclic) bond motifs is 1. The number of aromatic nitrogens is 1. The van der Waals surface area contributed by atoms with E-state index < -0.39 is 138 Å². The minimum atomic E-state index is -1.48. The molecule has 1 fully saturated rings. The lowest BCUT2D eigenvalue weighted by Gasteiger charge is -2.30. The van der Waals surface area contributed by atoms with E-state index >= 15 is 0 Å². The largest absolute Gasteiger partial charge is 0.480 e. The van der Waals surface area contributed by atoms with Crippen LogP contribution in [0.1, 0.15) is 110 Å². The fourth-order valence-corrected chi connectivity index (χ4v) is 10.0. The Labute approximate surface area is 523 Å². The van der Waals surface area contributed by atoms with Crippen LogP contribution >= 0.6 is 0 Å². The average Bonchev–Trinajstić information content (AvgIpc) is 2.90. The Bertz CT molecular complexity index is 3020. The first-order chi connectivity index (χ1) is 42.6. The van der Waals surface area contributed by atoms with Gasteiger partial charge in [-0.25, -0.2) is 4.79 Å². The molecule has 0 bridgehead atoms. The Morgan fingerprint density at radius 1 is 0.611 bits per heavy atom. The van der Waals surface area contributed by atoms with E-state index in [0.717, 1.165) is 10.9 Å². The summed E-state index contributed by atoms with van der Waals surface area (Å²) in [6, 6.07) is 4.55. The molecule has 1 aliphatic rings.